The van der Waals surface area contributed by atoms with Crippen LogP contribution in [-0.2, 0) is 27.4 Å². The van der Waals surface area contributed by atoms with Gasteiger partial charge in [0.15, 0.2) is 0 Å². The molecule has 3 aliphatic carbocycles. The average Bonchev–Trinajstić information content (AvgIpc) is 3.55. The molecule has 3 N–H and O–H groups in total. The Morgan fingerprint density at radius 3 is 2.38 bits per heavy atom. The number of rotatable bonds is 13. The molecule has 4 aliphatic rings. The predicted octanol–water partition coefficient (Wildman–Crippen LogP) is 5.32. The molecule has 55 heavy (non-hydrogen) atoms. The minimum atomic E-state index is -0.921. The summed E-state index contributed by atoms with van der Waals surface area (Å²) in [7, 11) is 6.87. The molecule has 8 atom stereocenters. The van der Waals surface area contributed by atoms with Crippen LogP contribution in [0.15, 0.2) is 66.7 Å². The average molecular weight is 755 g/mol. The number of hydrogen-bond donors (Lipinski definition) is 3. The standard InChI is InChI=1S/C44H58N4O7/c1-26-35-22-32(44(35,3)4)23-36(26)45-42(52)40-39(27(2)50)37(25-49)55-48(40)24-29-15-12-16-34(41(29)54-8)30-19-31(21-33(20-30)46(5)6)43(53)47(7)38(51)18-17-28-13-10-9-11-14-28/h9-16,19-21,26-27,32,35-37,39-40,49-50H,17-18,22-25H2,1-8H3,(H,45,52)/t26-,27-,32+,35-,36-,37-,39+,40-/m0/s1. The second-order valence-electron chi connectivity index (χ2n) is 16.6. The van der Waals surface area contributed by atoms with Gasteiger partial charge >= 0.3 is 0 Å². The van der Waals surface area contributed by atoms with Gasteiger partial charge in [0.25, 0.3) is 5.91 Å². The number of hydroxylamine groups is 2. The molecule has 1 heterocycles. The molecule has 11 heteroatoms. The van der Waals surface area contributed by atoms with Crippen molar-refractivity contribution >= 4 is 23.4 Å². The molecule has 3 amide bonds. The number of benzene rings is 3. The minimum absolute atomic E-state index is 0.0193. The van der Waals surface area contributed by atoms with E-state index in [0.717, 1.165) is 17.7 Å². The second-order valence-corrected chi connectivity index (χ2v) is 16.6. The Morgan fingerprint density at radius 2 is 1.76 bits per heavy atom. The number of fused-ring (bicyclic) bond motifs is 2. The molecule has 2 bridgehead atoms. The van der Waals surface area contributed by atoms with Gasteiger partial charge in [0, 0.05) is 61.9 Å². The number of aryl methyl sites for hydroxylation is 1. The number of aliphatic hydroxyl groups is 2. The zero-order chi connectivity index (χ0) is 39.8. The van der Waals surface area contributed by atoms with Gasteiger partial charge in [-0.3, -0.25) is 24.1 Å². The van der Waals surface area contributed by atoms with Gasteiger partial charge in [-0.1, -0.05) is 69.3 Å². The third-order valence-corrected chi connectivity index (χ3v) is 12.8. The highest BCUT2D eigenvalue weighted by atomic mass is 16.7. The number of hydrogen-bond acceptors (Lipinski definition) is 9. The van der Waals surface area contributed by atoms with E-state index in [-0.39, 0.29) is 42.8 Å². The zero-order valence-corrected chi connectivity index (χ0v) is 33.5. The lowest BCUT2D eigenvalue weighted by atomic mass is 9.45. The maximum absolute atomic E-state index is 14.3. The van der Waals surface area contributed by atoms with Gasteiger partial charge in [0.1, 0.15) is 17.9 Å². The van der Waals surface area contributed by atoms with E-state index in [1.165, 1.54) is 18.4 Å². The lowest BCUT2D eigenvalue weighted by Crippen LogP contribution is -2.62. The van der Waals surface area contributed by atoms with Crippen molar-refractivity contribution < 1.29 is 34.2 Å². The van der Waals surface area contributed by atoms with Gasteiger partial charge in [-0.2, -0.15) is 5.06 Å². The first-order chi connectivity index (χ1) is 26.2. The summed E-state index contributed by atoms with van der Waals surface area (Å²) < 4.78 is 6.05. The number of anilines is 1. The molecular weight excluding hydrogens is 697 g/mol. The first-order valence-corrected chi connectivity index (χ1v) is 19.5. The van der Waals surface area contributed by atoms with Gasteiger partial charge in [-0.05, 0) is 78.7 Å². The second kappa shape index (κ2) is 16.4. The van der Waals surface area contributed by atoms with Crippen LogP contribution in [0.5, 0.6) is 5.75 Å². The summed E-state index contributed by atoms with van der Waals surface area (Å²) in [6.07, 6.45) is 1.13. The van der Waals surface area contributed by atoms with Crippen LogP contribution < -0.4 is 15.0 Å². The van der Waals surface area contributed by atoms with Crippen LogP contribution in [0.1, 0.15) is 68.4 Å². The highest BCUT2D eigenvalue weighted by Gasteiger charge is 2.57. The summed E-state index contributed by atoms with van der Waals surface area (Å²) in [5.74, 6) is 0.364. The Kier molecular flexibility index (Phi) is 12.1. The van der Waals surface area contributed by atoms with Crippen LogP contribution in [0.4, 0.5) is 5.69 Å². The van der Waals surface area contributed by atoms with Crippen LogP contribution in [0.2, 0.25) is 0 Å². The topological polar surface area (TPSA) is 132 Å². The van der Waals surface area contributed by atoms with E-state index >= 15 is 0 Å². The largest absolute Gasteiger partial charge is 0.496 e. The van der Waals surface area contributed by atoms with Gasteiger partial charge in [0.05, 0.1) is 26.4 Å². The predicted molar refractivity (Wildman–Crippen MR) is 212 cm³/mol. The molecule has 4 fully saturated rings. The molecule has 0 aromatic heterocycles. The lowest BCUT2D eigenvalue weighted by Gasteiger charge is -2.62. The lowest BCUT2D eigenvalue weighted by molar-refractivity contribution is -0.183. The molecule has 11 nitrogen and oxygen atoms in total. The van der Waals surface area contributed by atoms with Crippen LogP contribution in [0, 0.1) is 29.1 Å². The van der Waals surface area contributed by atoms with Gasteiger partial charge in [0.2, 0.25) is 11.8 Å². The van der Waals surface area contributed by atoms with Crippen molar-refractivity contribution in [1.82, 2.24) is 15.3 Å². The zero-order valence-electron chi connectivity index (χ0n) is 33.5. The molecule has 3 aromatic carbocycles. The summed E-state index contributed by atoms with van der Waals surface area (Å²) in [4.78, 5) is 50.6. The minimum Gasteiger partial charge on any atom is -0.496 e. The highest BCUT2D eigenvalue weighted by Crippen LogP contribution is 2.61. The number of methoxy groups -OCH3 is 1. The number of carbonyl (C=O) groups excluding carboxylic acids is 3. The quantitative estimate of drug-likeness (QED) is 0.212. The summed E-state index contributed by atoms with van der Waals surface area (Å²) in [5, 5.41) is 26.2. The van der Waals surface area contributed by atoms with Crippen molar-refractivity contribution in [3.63, 3.8) is 0 Å². The molecule has 0 unspecified atom stereocenters. The number of carbonyl (C=O) groups is 3. The number of nitrogens with one attached hydrogen (secondary N) is 1. The molecule has 3 saturated carbocycles. The Labute approximate surface area is 325 Å². The van der Waals surface area contributed by atoms with Crippen LogP contribution in [0.3, 0.4) is 0 Å². The molecule has 3 aromatic rings. The number of ether oxygens (including phenoxy) is 1. The summed E-state index contributed by atoms with van der Waals surface area (Å²) in [6.45, 7) is 8.28. The number of imide groups is 1. The van der Waals surface area contributed by atoms with Crippen molar-refractivity contribution in [2.24, 2.45) is 29.1 Å². The van der Waals surface area contributed by atoms with Crippen LogP contribution in [0.25, 0.3) is 11.1 Å². The van der Waals surface area contributed by atoms with E-state index in [2.05, 4.69) is 26.1 Å². The summed E-state index contributed by atoms with van der Waals surface area (Å²) in [6, 6.07) is 20.0. The van der Waals surface area contributed by atoms with E-state index in [1.54, 1.807) is 31.2 Å². The van der Waals surface area contributed by atoms with Crippen molar-refractivity contribution in [2.75, 3.05) is 39.8 Å². The number of para-hydroxylation sites is 1. The molecule has 1 saturated heterocycles. The van der Waals surface area contributed by atoms with Crippen molar-refractivity contribution in [3.05, 3.63) is 83.4 Å². The van der Waals surface area contributed by atoms with E-state index in [9.17, 15) is 24.6 Å². The van der Waals surface area contributed by atoms with Crippen molar-refractivity contribution in [2.45, 2.75) is 84.2 Å². The Morgan fingerprint density at radius 1 is 1.04 bits per heavy atom. The van der Waals surface area contributed by atoms with E-state index in [0.29, 0.717) is 52.2 Å². The summed E-state index contributed by atoms with van der Waals surface area (Å²) >= 11 is 0. The third kappa shape index (κ3) is 8.03. The third-order valence-electron chi connectivity index (χ3n) is 12.8. The fraction of sp³-hybridized carbons (Fsp3) is 0.523. The molecule has 0 radical (unpaired) electrons. The van der Waals surface area contributed by atoms with E-state index in [4.69, 9.17) is 9.57 Å². The Balaban J connectivity index is 1.27. The number of nitrogens with zero attached hydrogens (tertiary/aromatic N) is 3. The first kappa shape index (κ1) is 40.4. The van der Waals surface area contributed by atoms with Gasteiger partial charge in [-0.15, -0.1) is 0 Å². The smallest absolute Gasteiger partial charge is 0.260 e. The van der Waals surface area contributed by atoms with Crippen LogP contribution >= 0.6 is 0 Å². The SMILES string of the molecule is COc1c(CN2O[C@@H](CO)[C@@H]([C@H](C)O)[C@H]2C(=O)N[C@H]2C[C@H]3C[C@@H]([C@@H]2C)C3(C)C)cccc1-c1cc(C(=O)N(C)C(=O)CCc2ccccc2)cc(N(C)C)c1. The maximum atomic E-state index is 14.3. The fourth-order valence-electron chi connectivity index (χ4n) is 9.35. The monoisotopic (exact) mass is 754 g/mol. The normalized spacial score (nSPS) is 26.1. The molecule has 0 spiro atoms. The van der Waals surface area contributed by atoms with E-state index < -0.39 is 30.1 Å². The molecular formula is C44H58N4O7. The Bertz CT molecular complexity index is 1860. The van der Waals surface area contributed by atoms with Crippen molar-refractivity contribution in [1.29, 1.82) is 0 Å². The van der Waals surface area contributed by atoms with Crippen molar-refractivity contribution in [3.8, 4) is 16.9 Å². The van der Waals surface area contributed by atoms with E-state index in [1.807, 2.05) is 73.6 Å². The number of aliphatic hydroxyl groups excluding tert-OH is 2. The Hall–Kier alpha value is -4.29. The van der Waals surface area contributed by atoms with Gasteiger partial charge < -0.3 is 25.2 Å². The molecule has 7 rings (SSSR count). The van der Waals surface area contributed by atoms with Gasteiger partial charge in [-0.25, -0.2) is 0 Å². The fourth-order valence-corrected chi connectivity index (χ4v) is 9.35. The van der Waals surface area contributed by atoms with Crippen LogP contribution in [-0.4, -0.2) is 97.0 Å². The molecule has 1 aliphatic heterocycles. The maximum Gasteiger partial charge on any atom is 0.260 e. The first-order valence-electron chi connectivity index (χ1n) is 19.5. The summed E-state index contributed by atoms with van der Waals surface area (Å²) in [5.41, 5.74) is 4.54. The molecule has 296 valence electrons. The number of amides is 3. The highest BCUT2D eigenvalue weighted by molar-refractivity contribution is 6.05.